The number of imidazole rings is 1. The molecule has 0 aliphatic carbocycles. The smallest absolute Gasteiger partial charge is 0.317 e. The molecular formula is C21H29N5O. The second kappa shape index (κ2) is 7.35. The number of nitrogens with one attached hydrogen (secondary N) is 1. The van der Waals surface area contributed by atoms with Gasteiger partial charge in [-0.05, 0) is 31.9 Å². The summed E-state index contributed by atoms with van der Waals surface area (Å²) in [5, 5.41) is 3.06. The van der Waals surface area contributed by atoms with E-state index in [1.54, 1.807) is 0 Å². The average Bonchev–Trinajstić information content (AvgIpc) is 3.10. The first kappa shape index (κ1) is 18.0. The van der Waals surface area contributed by atoms with Gasteiger partial charge < -0.3 is 14.8 Å². The molecule has 1 fully saturated rings. The number of benzene rings is 1. The summed E-state index contributed by atoms with van der Waals surface area (Å²) in [6.07, 6.45) is 3.88. The van der Waals surface area contributed by atoms with Crippen molar-refractivity contribution in [2.75, 3.05) is 26.2 Å². The highest BCUT2D eigenvalue weighted by molar-refractivity contribution is 5.74. The quantitative estimate of drug-likeness (QED) is 0.908. The summed E-state index contributed by atoms with van der Waals surface area (Å²) < 4.78 is 2.37. The zero-order valence-corrected chi connectivity index (χ0v) is 16.3. The zero-order chi connectivity index (χ0) is 18.9. The molecule has 27 heavy (non-hydrogen) atoms. The first-order chi connectivity index (χ1) is 13.1. The average molecular weight is 367 g/mol. The Morgan fingerprint density at radius 1 is 1.15 bits per heavy atom. The maximum atomic E-state index is 12.6. The van der Waals surface area contributed by atoms with Gasteiger partial charge in [-0.2, -0.15) is 0 Å². The summed E-state index contributed by atoms with van der Waals surface area (Å²) in [6.45, 7) is 9.56. The highest BCUT2D eigenvalue weighted by Crippen LogP contribution is 2.40. The number of urea groups is 1. The number of carbonyl (C=O) groups is 1. The van der Waals surface area contributed by atoms with Gasteiger partial charge in [-0.25, -0.2) is 9.78 Å². The normalized spacial score (nSPS) is 19.1. The van der Waals surface area contributed by atoms with E-state index in [4.69, 9.17) is 4.98 Å². The number of likely N-dealkylation sites (tertiary alicyclic amines) is 1. The van der Waals surface area contributed by atoms with Gasteiger partial charge in [-0.3, -0.25) is 4.90 Å². The molecule has 0 radical (unpaired) electrons. The third-order valence-electron chi connectivity index (χ3n) is 6.22. The van der Waals surface area contributed by atoms with Crippen molar-refractivity contribution in [3.05, 3.63) is 53.6 Å². The number of carbonyl (C=O) groups excluding carboxylic acids is 1. The fraction of sp³-hybridized carbons (Fsp3) is 0.524. The molecular weight excluding hydrogens is 338 g/mol. The van der Waals surface area contributed by atoms with Gasteiger partial charge in [0.1, 0.15) is 5.82 Å². The van der Waals surface area contributed by atoms with E-state index in [9.17, 15) is 4.79 Å². The molecule has 1 N–H and O–H groups in total. The summed E-state index contributed by atoms with van der Waals surface area (Å²) in [6, 6.07) is 10.1. The molecule has 0 saturated carbocycles. The van der Waals surface area contributed by atoms with E-state index in [-0.39, 0.29) is 11.6 Å². The van der Waals surface area contributed by atoms with Crippen LogP contribution in [0.25, 0.3) is 0 Å². The molecule has 1 aromatic heterocycles. The number of piperidine rings is 1. The van der Waals surface area contributed by atoms with Gasteiger partial charge in [0.15, 0.2) is 0 Å². The summed E-state index contributed by atoms with van der Waals surface area (Å²) >= 11 is 0. The number of aryl methyl sites for hydroxylation is 1. The van der Waals surface area contributed by atoms with E-state index in [2.05, 4.69) is 28.6 Å². The molecule has 4 rings (SSSR count). The first-order valence-corrected chi connectivity index (χ1v) is 9.98. The number of likely N-dealkylation sites (N-methyl/N-ethyl adjacent to an activating group) is 1. The van der Waals surface area contributed by atoms with Gasteiger partial charge in [0, 0.05) is 44.6 Å². The largest absolute Gasteiger partial charge is 0.334 e. The topological polar surface area (TPSA) is 53.4 Å². The van der Waals surface area contributed by atoms with Crippen LogP contribution in [0.15, 0.2) is 36.5 Å². The highest BCUT2D eigenvalue weighted by atomic mass is 16.2. The number of hydrogen-bond acceptors (Lipinski definition) is 3. The molecule has 1 saturated heterocycles. The van der Waals surface area contributed by atoms with E-state index in [0.29, 0.717) is 6.54 Å². The van der Waals surface area contributed by atoms with Crippen molar-refractivity contribution in [2.24, 2.45) is 0 Å². The number of rotatable bonds is 3. The van der Waals surface area contributed by atoms with Gasteiger partial charge in [-0.15, -0.1) is 0 Å². The maximum absolute atomic E-state index is 12.6. The number of nitrogens with zero attached hydrogens (tertiary/aromatic N) is 4. The molecule has 6 nitrogen and oxygen atoms in total. The lowest BCUT2D eigenvalue weighted by Gasteiger charge is -2.50. The summed E-state index contributed by atoms with van der Waals surface area (Å²) in [4.78, 5) is 21.9. The summed E-state index contributed by atoms with van der Waals surface area (Å²) in [7, 11) is 0. The molecule has 1 aromatic carbocycles. The third kappa shape index (κ3) is 3.23. The van der Waals surface area contributed by atoms with Crippen molar-refractivity contribution < 1.29 is 4.79 Å². The van der Waals surface area contributed by atoms with Crippen molar-refractivity contribution in [1.29, 1.82) is 0 Å². The molecule has 0 unspecified atom stereocenters. The van der Waals surface area contributed by atoms with Crippen molar-refractivity contribution >= 4 is 6.03 Å². The Hall–Kier alpha value is -2.34. The Morgan fingerprint density at radius 3 is 2.59 bits per heavy atom. The lowest BCUT2D eigenvalue weighted by atomic mass is 9.83. The third-order valence-corrected chi connectivity index (χ3v) is 6.22. The summed E-state index contributed by atoms with van der Waals surface area (Å²) in [5.41, 5.74) is 2.33. The minimum absolute atomic E-state index is 0.0303. The predicted octanol–water partition coefficient (Wildman–Crippen LogP) is 2.73. The molecule has 0 atom stereocenters. The van der Waals surface area contributed by atoms with Crippen LogP contribution >= 0.6 is 0 Å². The van der Waals surface area contributed by atoms with E-state index >= 15 is 0 Å². The minimum Gasteiger partial charge on any atom is -0.334 e. The molecule has 2 amide bonds. The molecule has 3 heterocycles. The number of aromatic nitrogens is 2. The minimum atomic E-state index is -0.0303. The van der Waals surface area contributed by atoms with Crippen molar-refractivity contribution in [1.82, 2.24) is 24.7 Å². The van der Waals surface area contributed by atoms with Crippen LogP contribution in [0, 0.1) is 6.92 Å². The van der Waals surface area contributed by atoms with Crippen LogP contribution in [0.1, 0.15) is 36.8 Å². The van der Waals surface area contributed by atoms with Gasteiger partial charge in [0.05, 0.1) is 5.54 Å². The van der Waals surface area contributed by atoms with Gasteiger partial charge in [0.2, 0.25) is 0 Å². The molecule has 2 aromatic rings. The molecule has 6 heteroatoms. The molecule has 144 valence electrons. The number of hydrogen-bond donors (Lipinski definition) is 1. The van der Waals surface area contributed by atoms with E-state index in [1.807, 2.05) is 41.4 Å². The van der Waals surface area contributed by atoms with Crippen LogP contribution in [0.2, 0.25) is 0 Å². The van der Waals surface area contributed by atoms with Crippen molar-refractivity contribution in [2.45, 2.75) is 45.3 Å². The van der Waals surface area contributed by atoms with Crippen LogP contribution in [0.4, 0.5) is 4.79 Å². The first-order valence-electron chi connectivity index (χ1n) is 9.98. The summed E-state index contributed by atoms with van der Waals surface area (Å²) in [5.74, 6) is 1.19. The zero-order valence-electron chi connectivity index (χ0n) is 16.3. The standard InChI is InChI=1S/C21H29N5O/c1-3-25-13-14-26-17(2)15-22-19(26)21(25)9-11-24(12-10-21)20(27)23-16-18-7-5-4-6-8-18/h4-8,15H,3,9-14,16H2,1-2H3,(H,23,27). The van der Waals surface area contributed by atoms with Crippen LogP contribution in [0.3, 0.4) is 0 Å². The number of amides is 2. The predicted molar refractivity (Wildman–Crippen MR) is 105 cm³/mol. The second-order valence-corrected chi connectivity index (χ2v) is 7.62. The number of fused-ring (bicyclic) bond motifs is 2. The lowest BCUT2D eigenvalue weighted by Crippen LogP contribution is -2.59. The maximum Gasteiger partial charge on any atom is 0.317 e. The van der Waals surface area contributed by atoms with Gasteiger partial charge in [-0.1, -0.05) is 37.3 Å². The second-order valence-electron chi connectivity index (χ2n) is 7.62. The van der Waals surface area contributed by atoms with Crippen molar-refractivity contribution in [3.63, 3.8) is 0 Å². The van der Waals surface area contributed by atoms with E-state index in [1.165, 1.54) is 11.5 Å². The van der Waals surface area contributed by atoms with Crippen LogP contribution in [0.5, 0.6) is 0 Å². The Labute approximate surface area is 161 Å². The Kier molecular flexibility index (Phi) is 4.91. The van der Waals surface area contributed by atoms with E-state index in [0.717, 1.165) is 51.1 Å². The van der Waals surface area contributed by atoms with Crippen LogP contribution in [-0.2, 0) is 18.6 Å². The Balaban J connectivity index is 1.43. The molecule has 0 bridgehead atoms. The molecule has 1 spiro atoms. The molecule has 2 aliphatic heterocycles. The SMILES string of the molecule is CCN1CCn2c(C)cnc2C12CCN(C(=O)NCc1ccccc1)CC2. The van der Waals surface area contributed by atoms with Crippen LogP contribution in [-0.4, -0.2) is 51.6 Å². The van der Waals surface area contributed by atoms with E-state index < -0.39 is 0 Å². The fourth-order valence-electron chi connectivity index (χ4n) is 4.66. The Bertz CT molecular complexity index is 792. The van der Waals surface area contributed by atoms with Crippen LogP contribution < -0.4 is 5.32 Å². The van der Waals surface area contributed by atoms with Gasteiger partial charge >= 0.3 is 6.03 Å². The van der Waals surface area contributed by atoms with Gasteiger partial charge in [0.25, 0.3) is 0 Å². The fourth-order valence-corrected chi connectivity index (χ4v) is 4.66. The molecule has 2 aliphatic rings. The lowest BCUT2D eigenvalue weighted by molar-refractivity contribution is 0.00201. The Morgan fingerprint density at radius 2 is 1.89 bits per heavy atom. The monoisotopic (exact) mass is 367 g/mol. The highest BCUT2D eigenvalue weighted by Gasteiger charge is 2.46. The van der Waals surface area contributed by atoms with Crippen molar-refractivity contribution in [3.8, 4) is 0 Å².